The molecule has 0 aromatic carbocycles. The number of rotatable bonds is 4. The fourth-order valence-electron chi connectivity index (χ4n) is 3.41. The molecule has 0 fully saturated rings. The Morgan fingerprint density at radius 3 is 2.75 bits per heavy atom. The molecule has 2 rings (SSSR count). The van der Waals surface area contributed by atoms with E-state index in [9.17, 15) is 4.79 Å². The summed E-state index contributed by atoms with van der Waals surface area (Å²) < 4.78 is 2.20. The van der Waals surface area contributed by atoms with E-state index in [2.05, 4.69) is 17.6 Å². The summed E-state index contributed by atoms with van der Waals surface area (Å²) in [5.74, 6) is 0.204. The quantitative estimate of drug-likeness (QED) is 0.919. The number of aryl methyl sites for hydroxylation is 1. The summed E-state index contributed by atoms with van der Waals surface area (Å²) in [7, 11) is 0. The van der Waals surface area contributed by atoms with Crippen molar-refractivity contribution in [2.75, 3.05) is 13.1 Å². The van der Waals surface area contributed by atoms with Gasteiger partial charge in [0.2, 0.25) is 5.91 Å². The predicted molar refractivity (Wildman–Crippen MR) is 81.7 cm³/mol. The summed E-state index contributed by atoms with van der Waals surface area (Å²) in [6.07, 6.45) is 3.20. The zero-order chi connectivity index (χ0) is 14.9. The fraction of sp³-hybridized carbons (Fsp3) is 0.688. The van der Waals surface area contributed by atoms with Gasteiger partial charge in [-0.25, -0.2) is 0 Å². The Morgan fingerprint density at radius 1 is 1.50 bits per heavy atom. The lowest BCUT2D eigenvalue weighted by Crippen LogP contribution is -2.37. The molecule has 0 saturated carbocycles. The van der Waals surface area contributed by atoms with Crippen LogP contribution in [0.3, 0.4) is 0 Å². The number of likely N-dealkylation sites (N-methyl/N-ethyl adjacent to an activating group) is 1. The maximum atomic E-state index is 12.6. The lowest BCUT2D eigenvalue weighted by atomic mass is 9.93. The molecule has 0 spiro atoms. The maximum absolute atomic E-state index is 12.6. The molecular weight excluding hydrogens is 250 g/mol. The number of nitrogens with two attached hydrogens (primary N) is 1. The average Bonchev–Trinajstić information content (AvgIpc) is 2.77. The fourth-order valence-corrected chi connectivity index (χ4v) is 3.41. The molecule has 4 nitrogen and oxygen atoms in total. The van der Waals surface area contributed by atoms with Crippen LogP contribution in [0.15, 0.2) is 6.07 Å². The van der Waals surface area contributed by atoms with Crippen LogP contribution < -0.4 is 5.73 Å². The van der Waals surface area contributed by atoms with Crippen molar-refractivity contribution in [1.82, 2.24) is 9.47 Å². The molecule has 4 heteroatoms. The van der Waals surface area contributed by atoms with E-state index in [0.29, 0.717) is 0 Å². The Balaban J connectivity index is 2.35. The molecule has 2 unspecified atom stereocenters. The third-order valence-electron chi connectivity index (χ3n) is 4.52. The van der Waals surface area contributed by atoms with E-state index in [-0.39, 0.29) is 18.0 Å². The normalized spacial score (nSPS) is 19.6. The van der Waals surface area contributed by atoms with E-state index in [1.807, 2.05) is 25.7 Å². The van der Waals surface area contributed by atoms with Gasteiger partial charge in [0.05, 0.1) is 0 Å². The zero-order valence-corrected chi connectivity index (χ0v) is 13.1. The van der Waals surface area contributed by atoms with Gasteiger partial charge in [-0.3, -0.25) is 4.79 Å². The minimum atomic E-state index is -0.135. The molecule has 1 aromatic rings. The molecule has 20 heavy (non-hydrogen) atoms. The van der Waals surface area contributed by atoms with E-state index >= 15 is 0 Å². The molecule has 1 aliphatic rings. The number of hydrogen-bond donors (Lipinski definition) is 1. The topological polar surface area (TPSA) is 51.3 Å². The number of aromatic nitrogens is 1. The van der Waals surface area contributed by atoms with Crippen LogP contribution in [0.5, 0.6) is 0 Å². The molecule has 2 atom stereocenters. The Morgan fingerprint density at radius 2 is 2.15 bits per heavy atom. The van der Waals surface area contributed by atoms with Crippen molar-refractivity contribution in [3.05, 3.63) is 23.0 Å². The second-order valence-corrected chi connectivity index (χ2v) is 5.74. The number of carbonyl (C=O) groups excluding carboxylic acids is 1. The van der Waals surface area contributed by atoms with Crippen LogP contribution in [0, 0.1) is 6.92 Å². The molecule has 0 aliphatic heterocycles. The highest BCUT2D eigenvalue weighted by atomic mass is 16.2. The monoisotopic (exact) mass is 277 g/mol. The molecule has 1 aromatic heterocycles. The molecule has 2 N–H and O–H groups in total. The molecule has 112 valence electrons. The van der Waals surface area contributed by atoms with Gasteiger partial charge in [0.15, 0.2) is 0 Å². The SMILES string of the molecule is CCN(CC)C(=O)C(C)n1c(C)cc2c1CCCC2N. The molecule has 1 heterocycles. The highest BCUT2D eigenvalue weighted by Gasteiger charge is 2.28. The summed E-state index contributed by atoms with van der Waals surface area (Å²) in [5, 5.41) is 0. The van der Waals surface area contributed by atoms with Crippen LogP contribution in [-0.4, -0.2) is 28.5 Å². The van der Waals surface area contributed by atoms with Crippen LogP contribution in [0.4, 0.5) is 0 Å². The van der Waals surface area contributed by atoms with Crippen LogP contribution >= 0.6 is 0 Å². The van der Waals surface area contributed by atoms with Crippen molar-refractivity contribution < 1.29 is 4.79 Å². The first-order valence-corrected chi connectivity index (χ1v) is 7.76. The molecule has 1 amide bonds. The standard InChI is InChI=1S/C16H27N3O/c1-5-18(6-2)16(20)12(4)19-11(3)10-13-14(17)8-7-9-15(13)19/h10,12,14H,5-9,17H2,1-4H3. The van der Waals surface area contributed by atoms with Gasteiger partial charge in [-0.05, 0) is 58.6 Å². The maximum Gasteiger partial charge on any atom is 0.245 e. The largest absolute Gasteiger partial charge is 0.341 e. The van der Waals surface area contributed by atoms with Crippen molar-refractivity contribution in [3.63, 3.8) is 0 Å². The first-order valence-electron chi connectivity index (χ1n) is 7.76. The third-order valence-corrected chi connectivity index (χ3v) is 4.52. The number of hydrogen-bond acceptors (Lipinski definition) is 2. The highest BCUT2D eigenvalue weighted by molar-refractivity contribution is 5.80. The van der Waals surface area contributed by atoms with Gasteiger partial charge in [0.1, 0.15) is 6.04 Å². The minimum Gasteiger partial charge on any atom is -0.341 e. The van der Waals surface area contributed by atoms with Crippen molar-refractivity contribution in [3.8, 4) is 0 Å². The van der Waals surface area contributed by atoms with Gasteiger partial charge in [-0.15, -0.1) is 0 Å². The van der Waals surface area contributed by atoms with Crippen molar-refractivity contribution in [1.29, 1.82) is 0 Å². The summed E-state index contributed by atoms with van der Waals surface area (Å²) >= 11 is 0. The Bertz CT molecular complexity index is 488. The Hall–Kier alpha value is -1.29. The van der Waals surface area contributed by atoms with E-state index in [1.165, 1.54) is 11.3 Å². The third kappa shape index (κ3) is 2.49. The van der Waals surface area contributed by atoms with Gasteiger partial charge >= 0.3 is 0 Å². The Kier molecular flexibility index (Phi) is 4.53. The second kappa shape index (κ2) is 6.00. The average molecular weight is 277 g/mol. The predicted octanol–water partition coefficient (Wildman–Crippen LogP) is 2.56. The Labute approximate surface area is 121 Å². The van der Waals surface area contributed by atoms with Gasteiger partial charge < -0.3 is 15.2 Å². The van der Waals surface area contributed by atoms with E-state index in [0.717, 1.165) is 38.0 Å². The number of fused-ring (bicyclic) bond motifs is 1. The first kappa shape index (κ1) is 15.1. The van der Waals surface area contributed by atoms with Gasteiger partial charge in [-0.1, -0.05) is 0 Å². The molecule has 0 saturated heterocycles. The zero-order valence-electron chi connectivity index (χ0n) is 13.1. The van der Waals surface area contributed by atoms with Crippen LogP contribution in [0.2, 0.25) is 0 Å². The number of nitrogens with zero attached hydrogens (tertiary/aromatic N) is 2. The molecular formula is C16H27N3O. The van der Waals surface area contributed by atoms with E-state index in [4.69, 9.17) is 5.73 Å². The van der Waals surface area contributed by atoms with Crippen LogP contribution in [-0.2, 0) is 11.2 Å². The van der Waals surface area contributed by atoms with Gasteiger partial charge in [0, 0.05) is 30.5 Å². The first-order chi connectivity index (χ1) is 9.51. The lowest BCUT2D eigenvalue weighted by molar-refractivity contribution is -0.134. The lowest BCUT2D eigenvalue weighted by Gasteiger charge is -2.28. The number of amides is 1. The van der Waals surface area contributed by atoms with Crippen LogP contribution in [0.25, 0.3) is 0 Å². The van der Waals surface area contributed by atoms with Crippen molar-refractivity contribution in [2.24, 2.45) is 5.73 Å². The highest BCUT2D eigenvalue weighted by Crippen LogP contribution is 2.33. The van der Waals surface area contributed by atoms with E-state index in [1.54, 1.807) is 0 Å². The minimum absolute atomic E-state index is 0.134. The summed E-state index contributed by atoms with van der Waals surface area (Å²) in [6, 6.07) is 2.17. The van der Waals surface area contributed by atoms with Crippen molar-refractivity contribution >= 4 is 5.91 Å². The molecule has 0 bridgehead atoms. The number of carbonyl (C=O) groups is 1. The van der Waals surface area contributed by atoms with Gasteiger partial charge in [0.25, 0.3) is 0 Å². The summed E-state index contributed by atoms with van der Waals surface area (Å²) in [4.78, 5) is 14.5. The smallest absolute Gasteiger partial charge is 0.245 e. The van der Waals surface area contributed by atoms with Crippen molar-refractivity contribution in [2.45, 2.75) is 59.0 Å². The second-order valence-electron chi connectivity index (χ2n) is 5.74. The summed E-state index contributed by atoms with van der Waals surface area (Å²) in [5.41, 5.74) is 9.88. The van der Waals surface area contributed by atoms with Gasteiger partial charge in [-0.2, -0.15) is 0 Å². The molecule has 1 aliphatic carbocycles. The van der Waals surface area contributed by atoms with Crippen LogP contribution in [0.1, 0.15) is 62.6 Å². The molecule has 0 radical (unpaired) electrons. The van der Waals surface area contributed by atoms with E-state index < -0.39 is 0 Å². The summed E-state index contributed by atoms with van der Waals surface area (Å²) in [6.45, 7) is 9.68.